The van der Waals surface area contributed by atoms with Crippen molar-refractivity contribution >= 4 is 0 Å². The van der Waals surface area contributed by atoms with Crippen LogP contribution in [0.2, 0.25) is 0 Å². The first-order valence-corrected chi connectivity index (χ1v) is 7.28. The topological polar surface area (TPSA) is 38.7 Å². The van der Waals surface area contributed by atoms with Gasteiger partial charge in [0, 0.05) is 12.2 Å². The molecule has 1 aliphatic rings. The zero-order valence-corrected chi connectivity index (χ0v) is 11.7. The van der Waals surface area contributed by atoms with E-state index in [9.17, 15) is 5.11 Å². The van der Waals surface area contributed by atoms with Crippen LogP contribution in [-0.2, 0) is 4.74 Å². The normalized spacial score (nSPS) is 17.6. The minimum atomic E-state index is -0.607. The Morgan fingerprint density at radius 3 is 2.74 bits per heavy atom. The Hall–Kier alpha value is -1.06. The second-order valence-electron chi connectivity index (χ2n) is 5.17. The van der Waals surface area contributed by atoms with Gasteiger partial charge in [0.1, 0.15) is 11.9 Å². The molecule has 1 aromatic carbocycles. The molecule has 0 amide bonds. The molecule has 0 aromatic heterocycles. The molecule has 3 nitrogen and oxygen atoms in total. The molecule has 1 saturated carbocycles. The average molecular weight is 264 g/mol. The van der Waals surface area contributed by atoms with E-state index in [1.165, 1.54) is 25.7 Å². The molecule has 1 N–H and O–H groups in total. The van der Waals surface area contributed by atoms with E-state index in [4.69, 9.17) is 9.47 Å². The zero-order valence-electron chi connectivity index (χ0n) is 11.7. The van der Waals surface area contributed by atoms with E-state index < -0.39 is 6.10 Å². The molecule has 3 heteroatoms. The van der Waals surface area contributed by atoms with Gasteiger partial charge in [0.15, 0.2) is 0 Å². The first-order valence-electron chi connectivity index (χ1n) is 7.28. The van der Waals surface area contributed by atoms with E-state index in [1.807, 2.05) is 31.2 Å². The highest BCUT2D eigenvalue weighted by molar-refractivity contribution is 5.35. The maximum Gasteiger partial charge on any atom is 0.125 e. The maximum absolute atomic E-state index is 10.2. The number of benzene rings is 1. The van der Waals surface area contributed by atoms with Gasteiger partial charge < -0.3 is 14.6 Å². The molecule has 0 aliphatic heterocycles. The monoisotopic (exact) mass is 264 g/mol. The molecular formula is C16H24O3. The van der Waals surface area contributed by atoms with Gasteiger partial charge in [-0.25, -0.2) is 0 Å². The van der Waals surface area contributed by atoms with Crippen LogP contribution in [0.5, 0.6) is 5.75 Å². The SMILES string of the molecule is CCOc1ccccc1C(O)COCC1CCCC1. The summed E-state index contributed by atoms with van der Waals surface area (Å²) in [6, 6.07) is 7.62. The van der Waals surface area contributed by atoms with Crippen LogP contribution in [-0.4, -0.2) is 24.9 Å². The van der Waals surface area contributed by atoms with E-state index in [0.717, 1.165) is 17.9 Å². The number of para-hydroxylation sites is 1. The van der Waals surface area contributed by atoms with Gasteiger partial charge in [-0.3, -0.25) is 0 Å². The molecule has 1 fully saturated rings. The minimum Gasteiger partial charge on any atom is -0.493 e. The molecule has 0 saturated heterocycles. The third-order valence-electron chi connectivity index (χ3n) is 3.68. The third-order valence-corrected chi connectivity index (χ3v) is 3.68. The number of ether oxygens (including phenoxy) is 2. The van der Waals surface area contributed by atoms with Crippen molar-refractivity contribution in [2.75, 3.05) is 19.8 Å². The van der Waals surface area contributed by atoms with Crippen LogP contribution in [0.15, 0.2) is 24.3 Å². The smallest absolute Gasteiger partial charge is 0.125 e. The highest BCUT2D eigenvalue weighted by atomic mass is 16.5. The Bertz CT molecular complexity index is 372. The summed E-state index contributed by atoms with van der Waals surface area (Å²) in [4.78, 5) is 0. The van der Waals surface area contributed by atoms with E-state index >= 15 is 0 Å². The van der Waals surface area contributed by atoms with Crippen molar-refractivity contribution in [2.24, 2.45) is 5.92 Å². The Kier molecular flexibility index (Phi) is 5.67. The molecule has 0 spiro atoms. The van der Waals surface area contributed by atoms with Gasteiger partial charge in [0.25, 0.3) is 0 Å². The van der Waals surface area contributed by atoms with Crippen LogP contribution in [0, 0.1) is 5.92 Å². The molecule has 1 unspecified atom stereocenters. The average Bonchev–Trinajstić information content (AvgIpc) is 2.93. The van der Waals surface area contributed by atoms with Crippen molar-refractivity contribution in [1.82, 2.24) is 0 Å². The fraction of sp³-hybridized carbons (Fsp3) is 0.625. The Labute approximate surface area is 115 Å². The summed E-state index contributed by atoms with van der Waals surface area (Å²) in [5.41, 5.74) is 0.816. The van der Waals surface area contributed by atoms with Crippen LogP contribution in [0.1, 0.15) is 44.3 Å². The van der Waals surface area contributed by atoms with Crippen LogP contribution in [0.25, 0.3) is 0 Å². The lowest BCUT2D eigenvalue weighted by Crippen LogP contribution is -2.13. The van der Waals surface area contributed by atoms with Gasteiger partial charge >= 0.3 is 0 Å². The van der Waals surface area contributed by atoms with Crippen molar-refractivity contribution in [3.63, 3.8) is 0 Å². The summed E-state index contributed by atoms with van der Waals surface area (Å²) in [6.07, 6.45) is 4.58. The summed E-state index contributed by atoms with van der Waals surface area (Å²) in [5, 5.41) is 10.2. The maximum atomic E-state index is 10.2. The van der Waals surface area contributed by atoms with E-state index in [1.54, 1.807) is 0 Å². The van der Waals surface area contributed by atoms with Gasteiger partial charge in [-0.05, 0) is 31.7 Å². The molecule has 0 radical (unpaired) electrons. The summed E-state index contributed by atoms with van der Waals surface area (Å²) in [5.74, 6) is 1.44. The molecule has 106 valence electrons. The van der Waals surface area contributed by atoms with Gasteiger partial charge in [-0.1, -0.05) is 31.0 Å². The van der Waals surface area contributed by atoms with Crippen LogP contribution in [0.3, 0.4) is 0 Å². The van der Waals surface area contributed by atoms with E-state index in [2.05, 4.69) is 0 Å². The van der Waals surface area contributed by atoms with E-state index in [0.29, 0.717) is 19.1 Å². The quantitative estimate of drug-likeness (QED) is 0.821. The number of aliphatic hydroxyl groups excluding tert-OH is 1. The largest absolute Gasteiger partial charge is 0.493 e. The van der Waals surface area contributed by atoms with Crippen molar-refractivity contribution in [3.05, 3.63) is 29.8 Å². The summed E-state index contributed by atoms with van der Waals surface area (Å²) in [6.45, 7) is 3.67. The summed E-state index contributed by atoms with van der Waals surface area (Å²) < 4.78 is 11.2. The number of rotatable bonds is 7. The first kappa shape index (κ1) is 14.4. The van der Waals surface area contributed by atoms with Crippen LogP contribution in [0.4, 0.5) is 0 Å². The lowest BCUT2D eigenvalue weighted by molar-refractivity contribution is 0.0200. The first-order chi connectivity index (χ1) is 9.31. The highest BCUT2D eigenvalue weighted by Crippen LogP contribution is 2.27. The van der Waals surface area contributed by atoms with Gasteiger partial charge in [-0.15, -0.1) is 0 Å². The Balaban J connectivity index is 1.82. The minimum absolute atomic E-state index is 0.348. The fourth-order valence-corrected chi connectivity index (χ4v) is 2.66. The molecule has 1 atom stereocenters. The van der Waals surface area contributed by atoms with Gasteiger partial charge in [0.2, 0.25) is 0 Å². The predicted molar refractivity (Wildman–Crippen MR) is 75.3 cm³/mol. The third kappa shape index (κ3) is 4.22. The highest BCUT2D eigenvalue weighted by Gasteiger charge is 2.17. The predicted octanol–water partition coefficient (Wildman–Crippen LogP) is 3.33. The molecule has 1 aliphatic carbocycles. The number of hydrogen-bond acceptors (Lipinski definition) is 3. The molecule has 1 aromatic rings. The summed E-state index contributed by atoms with van der Waals surface area (Å²) >= 11 is 0. The van der Waals surface area contributed by atoms with Crippen LogP contribution >= 0.6 is 0 Å². The molecule has 0 heterocycles. The molecule has 2 rings (SSSR count). The second-order valence-corrected chi connectivity index (χ2v) is 5.17. The van der Waals surface area contributed by atoms with Crippen molar-refractivity contribution in [3.8, 4) is 5.75 Å². The lowest BCUT2D eigenvalue weighted by atomic mass is 10.1. The summed E-state index contributed by atoms with van der Waals surface area (Å²) in [7, 11) is 0. The Morgan fingerprint density at radius 2 is 2.00 bits per heavy atom. The van der Waals surface area contributed by atoms with Crippen LogP contribution < -0.4 is 4.74 Å². The van der Waals surface area contributed by atoms with Gasteiger partial charge in [0.05, 0.1) is 13.2 Å². The fourth-order valence-electron chi connectivity index (χ4n) is 2.66. The number of aliphatic hydroxyl groups is 1. The molecular weight excluding hydrogens is 240 g/mol. The van der Waals surface area contributed by atoms with E-state index in [-0.39, 0.29) is 0 Å². The second kappa shape index (κ2) is 7.51. The van der Waals surface area contributed by atoms with Crippen molar-refractivity contribution < 1.29 is 14.6 Å². The standard InChI is InChI=1S/C16H24O3/c1-2-19-16-10-6-5-9-14(16)15(17)12-18-11-13-7-3-4-8-13/h5-6,9-10,13,15,17H,2-4,7-8,11-12H2,1H3. The lowest BCUT2D eigenvalue weighted by Gasteiger charge is -2.17. The number of hydrogen-bond donors (Lipinski definition) is 1. The molecule has 0 bridgehead atoms. The zero-order chi connectivity index (χ0) is 13.5. The van der Waals surface area contributed by atoms with Crippen molar-refractivity contribution in [2.45, 2.75) is 38.7 Å². The van der Waals surface area contributed by atoms with Crippen molar-refractivity contribution in [1.29, 1.82) is 0 Å². The van der Waals surface area contributed by atoms with Gasteiger partial charge in [-0.2, -0.15) is 0 Å². The Morgan fingerprint density at radius 1 is 1.26 bits per heavy atom. The molecule has 19 heavy (non-hydrogen) atoms.